The third kappa shape index (κ3) is 5.20. The first-order chi connectivity index (χ1) is 13.4. The average molecular weight is 423 g/mol. The highest BCUT2D eigenvalue weighted by Crippen LogP contribution is 2.34. The Kier molecular flexibility index (Phi) is 7.77. The Hall–Kier alpha value is -2.65. The molecule has 0 saturated heterocycles. The number of hydrogen-bond acceptors (Lipinski definition) is 7. The van der Waals surface area contributed by atoms with Gasteiger partial charge in [0.2, 0.25) is 0 Å². The van der Waals surface area contributed by atoms with Gasteiger partial charge in [0.15, 0.2) is 5.11 Å². The van der Waals surface area contributed by atoms with Gasteiger partial charge in [-0.2, -0.15) is 0 Å². The molecule has 7 nitrogen and oxygen atoms in total. The second-order valence-electron chi connectivity index (χ2n) is 5.72. The van der Waals surface area contributed by atoms with Crippen LogP contribution in [-0.2, 0) is 15.9 Å². The van der Waals surface area contributed by atoms with E-state index in [0.717, 1.165) is 29.1 Å². The first-order valence-corrected chi connectivity index (χ1v) is 9.61. The van der Waals surface area contributed by atoms with Crippen LogP contribution in [0.3, 0.4) is 0 Å². The molecule has 0 bridgehead atoms. The molecule has 1 heterocycles. The lowest BCUT2D eigenvalue weighted by Crippen LogP contribution is -2.30. The van der Waals surface area contributed by atoms with Crippen LogP contribution in [0, 0.1) is 6.92 Å². The molecule has 0 saturated carbocycles. The zero-order valence-electron chi connectivity index (χ0n) is 16.1. The van der Waals surface area contributed by atoms with Crippen molar-refractivity contribution >= 4 is 45.6 Å². The Morgan fingerprint density at radius 1 is 1.07 bits per heavy atom. The molecule has 0 unspecified atom stereocenters. The van der Waals surface area contributed by atoms with Crippen LogP contribution in [0.2, 0.25) is 0 Å². The number of carbonyl (C=O) groups is 2. The third-order valence-electron chi connectivity index (χ3n) is 3.99. The molecule has 2 aromatic rings. The lowest BCUT2D eigenvalue weighted by molar-refractivity contribution is 0.0601. The molecule has 0 aliphatic rings. The van der Waals surface area contributed by atoms with Gasteiger partial charge in [-0.15, -0.1) is 11.3 Å². The van der Waals surface area contributed by atoms with Crippen molar-refractivity contribution in [1.82, 2.24) is 5.32 Å². The number of thiophene rings is 1. The highest BCUT2D eigenvalue weighted by atomic mass is 32.1. The molecule has 150 valence electrons. The molecule has 0 radical (unpaired) electrons. The minimum absolute atomic E-state index is 0.271. The summed E-state index contributed by atoms with van der Waals surface area (Å²) < 4.78 is 14.7. The molecule has 1 aromatic heterocycles. The Morgan fingerprint density at radius 3 is 2.29 bits per heavy atom. The molecule has 0 aliphatic carbocycles. The van der Waals surface area contributed by atoms with E-state index in [4.69, 9.17) is 26.4 Å². The van der Waals surface area contributed by atoms with Crippen LogP contribution in [0.4, 0.5) is 5.00 Å². The fraction of sp³-hybridized carbons (Fsp3) is 0.316. The van der Waals surface area contributed by atoms with Crippen LogP contribution in [0.15, 0.2) is 24.3 Å². The predicted molar refractivity (Wildman–Crippen MR) is 113 cm³/mol. The van der Waals surface area contributed by atoms with Crippen molar-refractivity contribution in [1.29, 1.82) is 0 Å². The molecule has 1 aromatic carbocycles. The van der Waals surface area contributed by atoms with Crippen molar-refractivity contribution < 1.29 is 23.8 Å². The number of esters is 2. The standard InChI is InChI=1S/C19H22N2O5S2/c1-11-14(17(22)25-3)16(28-15(11)18(23)26-4)21-19(27)20-10-9-12-5-7-13(24-2)8-6-12/h5-8H,9-10H2,1-4H3,(H2,20,21,27). The van der Waals surface area contributed by atoms with E-state index >= 15 is 0 Å². The van der Waals surface area contributed by atoms with Crippen molar-refractivity contribution in [3.05, 3.63) is 45.8 Å². The molecular weight excluding hydrogens is 400 g/mol. The minimum atomic E-state index is -0.549. The second kappa shape index (κ2) is 10.0. The fourth-order valence-corrected chi connectivity index (χ4v) is 3.88. The van der Waals surface area contributed by atoms with E-state index in [1.165, 1.54) is 14.2 Å². The van der Waals surface area contributed by atoms with Gasteiger partial charge in [0.05, 0.1) is 26.9 Å². The number of nitrogens with one attached hydrogen (secondary N) is 2. The quantitative estimate of drug-likeness (QED) is 0.520. The molecule has 2 rings (SSSR count). The van der Waals surface area contributed by atoms with Crippen LogP contribution in [0.25, 0.3) is 0 Å². The monoisotopic (exact) mass is 422 g/mol. The van der Waals surface area contributed by atoms with Gasteiger partial charge in [0, 0.05) is 6.54 Å². The summed E-state index contributed by atoms with van der Waals surface area (Å²) in [5, 5.41) is 6.85. The third-order valence-corrected chi connectivity index (χ3v) is 5.43. The summed E-state index contributed by atoms with van der Waals surface area (Å²) in [6.45, 7) is 2.26. The van der Waals surface area contributed by atoms with E-state index < -0.39 is 11.9 Å². The largest absolute Gasteiger partial charge is 0.497 e. The number of thiocarbonyl (C=S) groups is 1. The topological polar surface area (TPSA) is 85.9 Å². The molecule has 28 heavy (non-hydrogen) atoms. The van der Waals surface area contributed by atoms with E-state index in [0.29, 0.717) is 27.1 Å². The smallest absolute Gasteiger partial charge is 0.348 e. The van der Waals surface area contributed by atoms with Crippen LogP contribution in [0.5, 0.6) is 5.75 Å². The summed E-state index contributed by atoms with van der Waals surface area (Å²) in [5.41, 5.74) is 1.89. The lowest BCUT2D eigenvalue weighted by atomic mass is 10.1. The fourth-order valence-electron chi connectivity index (χ4n) is 2.50. The molecule has 0 spiro atoms. The zero-order valence-corrected chi connectivity index (χ0v) is 17.7. The molecule has 0 amide bonds. The maximum Gasteiger partial charge on any atom is 0.348 e. The maximum atomic E-state index is 12.1. The van der Waals surface area contributed by atoms with E-state index in [1.807, 2.05) is 24.3 Å². The van der Waals surface area contributed by atoms with Gasteiger partial charge in [-0.1, -0.05) is 12.1 Å². The highest BCUT2D eigenvalue weighted by Gasteiger charge is 2.26. The first-order valence-electron chi connectivity index (χ1n) is 8.39. The van der Waals surface area contributed by atoms with Crippen LogP contribution < -0.4 is 15.4 Å². The average Bonchev–Trinajstić information content (AvgIpc) is 3.03. The van der Waals surface area contributed by atoms with Gasteiger partial charge >= 0.3 is 11.9 Å². The summed E-state index contributed by atoms with van der Waals surface area (Å²) in [6.07, 6.45) is 0.756. The summed E-state index contributed by atoms with van der Waals surface area (Å²) in [5.74, 6) is -0.259. The van der Waals surface area contributed by atoms with Gasteiger partial charge in [0.25, 0.3) is 0 Å². The zero-order chi connectivity index (χ0) is 20.7. The van der Waals surface area contributed by atoms with E-state index in [1.54, 1.807) is 14.0 Å². The van der Waals surface area contributed by atoms with Crippen LogP contribution in [0.1, 0.15) is 31.2 Å². The van der Waals surface area contributed by atoms with Crippen molar-refractivity contribution in [2.75, 3.05) is 33.2 Å². The Labute approximate surface area is 173 Å². The Bertz CT molecular complexity index is 862. The van der Waals surface area contributed by atoms with Crippen molar-refractivity contribution in [2.45, 2.75) is 13.3 Å². The molecule has 0 atom stereocenters. The van der Waals surface area contributed by atoms with Gasteiger partial charge in [-0.3, -0.25) is 0 Å². The minimum Gasteiger partial charge on any atom is -0.497 e. The summed E-state index contributed by atoms with van der Waals surface area (Å²) >= 11 is 6.41. The Balaban J connectivity index is 2.03. The summed E-state index contributed by atoms with van der Waals surface area (Å²) in [6, 6.07) is 7.77. The van der Waals surface area contributed by atoms with E-state index in [9.17, 15) is 9.59 Å². The predicted octanol–water partition coefficient (Wildman–Crippen LogP) is 3.17. The highest BCUT2D eigenvalue weighted by molar-refractivity contribution is 7.80. The van der Waals surface area contributed by atoms with Gasteiger partial charge in [-0.25, -0.2) is 9.59 Å². The van der Waals surface area contributed by atoms with E-state index in [-0.39, 0.29) is 5.56 Å². The summed E-state index contributed by atoms with van der Waals surface area (Å²) in [7, 11) is 4.20. The maximum absolute atomic E-state index is 12.1. The number of methoxy groups -OCH3 is 3. The van der Waals surface area contributed by atoms with Crippen LogP contribution in [-0.4, -0.2) is 44.9 Å². The lowest BCUT2D eigenvalue weighted by Gasteiger charge is -2.11. The SMILES string of the molecule is COC(=O)c1sc(NC(=S)NCCc2ccc(OC)cc2)c(C(=O)OC)c1C. The molecular formula is C19H22N2O5S2. The molecule has 2 N–H and O–H groups in total. The Morgan fingerprint density at radius 2 is 1.71 bits per heavy atom. The first kappa shape index (κ1) is 21.6. The number of hydrogen-bond donors (Lipinski definition) is 2. The van der Waals surface area contributed by atoms with Crippen LogP contribution >= 0.6 is 23.6 Å². The number of rotatable bonds is 7. The van der Waals surface area contributed by atoms with Gasteiger partial charge < -0.3 is 24.8 Å². The normalized spacial score (nSPS) is 10.1. The van der Waals surface area contributed by atoms with Crippen molar-refractivity contribution in [3.63, 3.8) is 0 Å². The van der Waals surface area contributed by atoms with Crippen molar-refractivity contribution in [2.24, 2.45) is 0 Å². The number of carbonyl (C=O) groups excluding carboxylic acids is 2. The number of anilines is 1. The number of ether oxygens (including phenoxy) is 3. The van der Waals surface area contributed by atoms with Crippen molar-refractivity contribution in [3.8, 4) is 5.75 Å². The van der Waals surface area contributed by atoms with E-state index in [2.05, 4.69) is 10.6 Å². The second-order valence-corrected chi connectivity index (χ2v) is 7.15. The van der Waals surface area contributed by atoms with Gasteiger partial charge in [0.1, 0.15) is 15.6 Å². The number of benzene rings is 1. The molecule has 0 aliphatic heterocycles. The van der Waals surface area contributed by atoms with Gasteiger partial charge in [-0.05, 0) is 48.8 Å². The summed E-state index contributed by atoms with van der Waals surface area (Å²) in [4.78, 5) is 24.4. The molecule has 0 fully saturated rings. The molecule has 9 heteroatoms.